The Balaban J connectivity index is 0.00000112. The van der Waals surface area contributed by atoms with Crippen molar-refractivity contribution in [3.05, 3.63) is 23.8 Å². The quantitative estimate of drug-likeness (QED) is 0.753. The molecule has 1 aromatic carbocycles. The molecule has 2 atom stereocenters. The van der Waals surface area contributed by atoms with Crippen LogP contribution in [0.3, 0.4) is 0 Å². The fourth-order valence-electron chi connectivity index (χ4n) is 1.52. The zero-order chi connectivity index (χ0) is 10.1. The van der Waals surface area contributed by atoms with Gasteiger partial charge in [0, 0.05) is 5.56 Å². The first-order valence-electron chi connectivity index (χ1n) is 4.46. The molecule has 0 unspecified atom stereocenters. The van der Waals surface area contributed by atoms with Crippen molar-refractivity contribution in [2.24, 2.45) is 5.73 Å². The third kappa shape index (κ3) is 2.17. The number of halogens is 1. The second-order valence-corrected chi connectivity index (χ2v) is 3.32. The minimum Gasteiger partial charge on any atom is -0.497 e. The predicted molar refractivity (Wildman–Crippen MR) is 58.7 cm³/mol. The van der Waals surface area contributed by atoms with Gasteiger partial charge in [0.25, 0.3) is 0 Å². The largest absolute Gasteiger partial charge is 0.497 e. The zero-order valence-corrected chi connectivity index (χ0v) is 9.16. The Morgan fingerprint density at radius 3 is 2.93 bits per heavy atom. The molecule has 1 aliphatic heterocycles. The maximum atomic E-state index is 9.79. The molecule has 4 nitrogen and oxygen atoms in total. The summed E-state index contributed by atoms with van der Waals surface area (Å²) in [7, 11) is 1.58. The van der Waals surface area contributed by atoms with E-state index in [4.69, 9.17) is 15.2 Å². The average molecular weight is 232 g/mol. The first-order valence-corrected chi connectivity index (χ1v) is 4.46. The average Bonchev–Trinajstić information content (AvgIpc) is 2.23. The smallest absolute Gasteiger partial charge is 0.125 e. The van der Waals surface area contributed by atoms with Crippen molar-refractivity contribution < 1.29 is 14.6 Å². The van der Waals surface area contributed by atoms with Gasteiger partial charge in [-0.15, -0.1) is 12.4 Å². The molecule has 0 amide bonds. The van der Waals surface area contributed by atoms with Crippen LogP contribution in [0.25, 0.3) is 0 Å². The monoisotopic (exact) mass is 231 g/mol. The van der Waals surface area contributed by atoms with Gasteiger partial charge in [0.15, 0.2) is 0 Å². The third-order valence-electron chi connectivity index (χ3n) is 2.37. The molecule has 1 aliphatic rings. The van der Waals surface area contributed by atoms with Crippen molar-refractivity contribution in [3.8, 4) is 11.5 Å². The van der Waals surface area contributed by atoms with Crippen LogP contribution in [0.4, 0.5) is 0 Å². The highest BCUT2D eigenvalue weighted by Crippen LogP contribution is 2.33. The summed E-state index contributed by atoms with van der Waals surface area (Å²) in [5.74, 6) is 1.38. The molecule has 0 radical (unpaired) electrons. The topological polar surface area (TPSA) is 64.7 Å². The van der Waals surface area contributed by atoms with Crippen LogP contribution in [0.15, 0.2) is 18.2 Å². The van der Waals surface area contributed by atoms with Crippen LogP contribution >= 0.6 is 12.4 Å². The standard InChI is InChI=1S/C10H13NO3.ClH/c1-13-6-2-3-9-7(4-6)10(12)8(11)5-14-9;/h2-4,8,10,12H,5,11H2,1H3;1H/t8-,10+;/m1./s1. The van der Waals surface area contributed by atoms with E-state index in [2.05, 4.69) is 0 Å². The fourth-order valence-corrected chi connectivity index (χ4v) is 1.52. The fraction of sp³-hybridized carbons (Fsp3) is 0.400. The number of rotatable bonds is 1. The van der Waals surface area contributed by atoms with Crippen molar-refractivity contribution in [1.82, 2.24) is 0 Å². The van der Waals surface area contributed by atoms with Crippen molar-refractivity contribution in [2.75, 3.05) is 13.7 Å². The molecule has 2 rings (SSSR count). The van der Waals surface area contributed by atoms with Crippen LogP contribution in [0.2, 0.25) is 0 Å². The Bertz CT molecular complexity index is 345. The Morgan fingerprint density at radius 2 is 2.27 bits per heavy atom. The van der Waals surface area contributed by atoms with E-state index in [0.29, 0.717) is 23.7 Å². The Morgan fingerprint density at radius 1 is 1.53 bits per heavy atom. The maximum absolute atomic E-state index is 9.79. The Kier molecular flexibility index (Phi) is 3.79. The number of benzene rings is 1. The first-order chi connectivity index (χ1) is 6.72. The summed E-state index contributed by atoms with van der Waals surface area (Å²) in [6, 6.07) is 4.96. The van der Waals surface area contributed by atoms with E-state index in [9.17, 15) is 5.11 Å². The molecule has 0 fully saturated rings. The lowest BCUT2D eigenvalue weighted by Crippen LogP contribution is -2.38. The van der Waals surface area contributed by atoms with E-state index in [0.717, 1.165) is 0 Å². The molecule has 1 heterocycles. The molecule has 0 aromatic heterocycles. The number of hydrogen-bond acceptors (Lipinski definition) is 4. The van der Waals surface area contributed by atoms with E-state index >= 15 is 0 Å². The molecule has 5 heteroatoms. The van der Waals surface area contributed by atoms with Crippen molar-refractivity contribution in [1.29, 1.82) is 0 Å². The van der Waals surface area contributed by atoms with Gasteiger partial charge < -0.3 is 20.3 Å². The SMILES string of the molecule is COc1ccc2c(c1)[C@H](O)[C@H](N)CO2.Cl. The molecular weight excluding hydrogens is 218 g/mol. The van der Waals surface area contributed by atoms with Crippen LogP contribution in [0.1, 0.15) is 11.7 Å². The summed E-state index contributed by atoms with van der Waals surface area (Å²) in [6.45, 7) is 0.348. The van der Waals surface area contributed by atoms with Crippen LogP contribution in [-0.2, 0) is 0 Å². The molecule has 84 valence electrons. The molecule has 15 heavy (non-hydrogen) atoms. The third-order valence-corrected chi connectivity index (χ3v) is 2.37. The van der Waals surface area contributed by atoms with Gasteiger partial charge in [-0.25, -0.2) is 0 Å². The van der Waals surface area contributed by atoms with E-state index in [1.165, 1.54) is 0 Å². The summed E-state index contributed by atoms with van der Waals surface area (Å²) in [5.41, 5.74) is 6.37. The second-order valence-electron chi connectivity index (χ2n) is 3.32. The van der Waals surface area contributed by atoms with Gasteiger partial charge in [-0.1, -0.05) is 0 Å². The number of fused-ring (bicyclic) bond motifs is 1. The highest BCUT2D eigenvalue weighted by Gasteiger charge is 2.26. The van der Waals surface area contributed by atoms with Gasteiger partial charge in [0.05, 0.1) is 13.2 Å². The van der Waals surface area contributed by atoms with Gasteiger partial charge in [-0.3, -0.25) is 0 Å². The van der Waals surface area contributed by atoms with E-state index in [-0.39, 0.29) is 18.4 Å². The Hall–Kier alpha value is -0.970. The van der Waals surface area contributed by atoms with Crippen molar-refractivity contribution in [3.63, 3.8) is 0 Å². The van der Waals surface area contributed by atoms with Crippen LogP contribution in [0, 0.1) is 0 Å². The number of aliphatic hydroxyl groups excluding tert-OH is 1. The molecule has 0 saturated carbocycles. The van der Waals surface area contributed by atoms with E-state index < -0.39 is 6.10 Å². The predicted octanol–water partition coefficient (Wildman–Crippen LogP) is 0.870. The number of nitrogens with two attached hydrogens (primary N) is 1. The summed E-state index contributed by atoms with van der Waals surface area (Å²) < 4.78 is 10.4. The number of hydrogen-bond donors (Lipinski definition) is 2. The lowest BCUT2D eigenvalue weighted by atomic mass is 10.00. The van der Waals surface area contributed by atoms with E-state index in [1.54, 1.807) is 25.3 Å². The molecule has 3 N–H and O–H groups in total. The molecule has 1 aromatic rings. The number of methoxy groups -OCH3 is 1. The lowest BCUT2D eigenvalue weighted by molar-refractivity contribution is 0.0912. The van der Waals surface area contributed by atoms with Gasteiger partial charge >= 0.3 is 0 Å². The van der Waals surface area contributed by atoms with Gasteiger partial charge in [-0.05, 0) is 18.2 Å². The Labute approximate surface area is 94.4 Å². The van der Waals surface area contributed by atoms with Crippen molar-refractivity contribution in [2.45, 2.75) is 12.1 Å². The minimum atomic E-state index is -0.672. The van der Waals surface area contributed by atoms with Crippen LogP contribution in [-0.4, -0.2) is 24.9 Å². The molecule has 0 spiro atoms. The molecule has 0 aliphatic carbocycles. The van der Waals surface area contributed by atoms with Gasteiger partial charge in [0.2, 0.25) is 0 Å². The van der Waals surface area contributed by atoms with Gasteiger partial charge in [0.1, 0.15) is 24.2 Å². The van der Waals surface area contributed by atoms with Crippen LogP contribution < -0.4 is 15.2 Å². The normalized spacial score (nSPS) is 23.4. The summed E-state index contributed by atoms with van der Waals surface area (Å²) >= 11 is 0. The van der Waals surface area contributed by atoms with Crippen LogP contribution in [0.5, 0.6) is 11.5 Å². The summed E-state index contributed by atoms with van der Waals surface area (Å²) in [6.07, 6.45) is -0.672. The zero-order valence-electron chi connectivity index (χ0n) is 8.34. The highest BCUT2D eigenvalue weighted by molar-refractivity contribution is 5.85. The summed E-state index contributed by atoms with van der Waals surface area (Å²) in [4.78, 5) is 0. The maximum Gasteiger partial charge on any atom is 0.125 e. The molecule has 0 saturated heterocycles. The summed E-state index contributed by atoms with van der Waals surface area (Å²) in [5, 5.41) is 9.79. The lowest BCUT2D eigenvalue weighted by Gasteiger charge is -2.27. The van der Waals surface area contributed by atoms with Gasteiger partial charge in [-0.2, -0.15) is 0 Å². The number of aliphatic hydroxyl groups is 1. The highest BCUT2D eigenvalue weighted by atomic mass is 35.5. The minimum absolute atomic E-state index is 0. The van der Waals surface area contributed by atoms with Crippen molar-refractivity contribution >= 4 is 12.4 Å². The second kappa shape index (κ2) is 4.70. The first kappa shape index (κ1) is 12.1. The number of ether oxygens (including phenoxy) is 2. The molecule has 0 bridgehead atoms. The molecular formula is C10H14ClNO3. The van der Waals surface area contributed by atoms with E-state index in [1.807, 2.05) is 0 Å².